The number of hydrogen-bond acceptors (Lipinski definition) is 3. The molecule has 124 valence electrons. The molecule has 0 atom stereocenters. The Kier molecular flexibility index (Phi) is 5.29. The number of nitrogens with one attached hydrogen (secondary N) is 2. The van der Waals surface area contributed by atoms with E-state index in [4.69, 9.17) is 4.74 Å². The van der Waals surface area contributed by atoms with Gasteiger partial charge in [-0.15, -0.1) is 0 Å². The van der Waals surface area contributed by atoms with Gasteiger partial charge in [0.15, 0.2) is 0 Å². The molecular formula is C20H22N2O2. The second-order valence-electron chi connectivity index (χ2n) is 5.72. The van der Waals surface area contributed by atoms with Crippen molar-refractivity contribution < 1.29 is 4.74 Å². The summed E-state index contributed by atoms with van der Waals surface area (Å²) in [4.78, 5) is 15.1. The number of aromatic nitrogens is 1. The first-order chi connectivity index (χ1) is 11.8. The van der Waals surface area contributed by atoms with Crippen molar-refractivity contribution in [2.75, 3.05) is 13.2 Å². The Morgan fingerprint density at radius 2 is 1.92 bits per heavy atom. The molecule has 0 amide bonds. The number of benzene rings is 2. The van der Waals surface area contributed by atoms with Gasteiger partial charge in [-0.25, -0.2) is 0 Å². The molecule has 4 nitrogen and oxygen atoms in total. The van der Waals surface area contributed by atoms with Crippen LogP contribution in [-0.4, -0.2) is 18.1 Å². The highest BCUT2D eigenvalue weighted by Crippen LogP contribution is 2.19. The molecule has 0 aliphatic heterocycles. The van der Waals surface area contributed by atoms with Gasteiger partial charge in [0, 0.05) is 23.0 Å². The van der Waals surface area contributed by atoms with Crippen LogP contribution in [0.3, 0.4) is 0 Å². The number of pyridine rings is 1. The molecule has 24 heavy (non-hydrogen) atoms. The van der Waals surface area contributed by atoms with Crippen LogP contribution in [0.25, 0.3) is 10.9 Å². The van der Waals surface area contributed by atoms with Gasteiger partial charge in [-0.3, -0.25) is 4.79 Å². The summed E-state index contributed by atoms with van der Waals surface area (Å²) in [5.41, 5.74) is 2.82. The summed E-state index contributed by atoms with van der Waals surface area (Å²) in [6.07, 6.45) is 0.945. The van der Waals surface area contributed by atoms with E-state index in [1.165, 1.54) is 5.56 Å². The Bertz CT molecular complexity index is 856. The summed E-state index contributed by atoms with van der Waals surface area (Å²) in [6, 6.07) is 18.0. The Balaban J connectivity index is 1.67. The lowest BCUT2D eigenvalue weighted by Crippen LogP contribution is -2.22. The molecule has 0 unspecified atom stereocenters. The molecule has 0 fully saturated rings. The minimum atomic E-state index is -0.0427. The molecule has 0 saturated heterocycles. The van der Waals surface area contributed by atoms with Crippen molar-refractivity contribution in [2.45, 2.75) is 19.9 Å². The minimum Gasteiger partial charge on any atom is -0.494 e. The normalized spacial score (nSPS) is 10.9. The van der Waals surface area contributed by atoms with E-state index in [1.807, 2.05) is 49.4 Å². The first kappa shape index (κ1) is 16.3. The highest BCUT2D eigenvalue weighted by molar-refractivity contribution is 5.80. The van der Waals surface area contributed by atoms with Crippen LogP contribution in [0.1, 0.15) is 18.1 Å². The summed E-state index contributed by atoms with van der Waals surface area (Å²) >= 11 is 0. The average molecular weight is 322 g/mol. The fraction of sp³-hybridized carbons (Fsp3) is 0.250. The standard InChI is InChI=1S/C20H22N2O2/c1-2-24-18-8-9-19-16(13-18)12-17(20(23)22-19)14-21-11-10-15-6-4-3-5-7-15/h3-9,12-13,21H,2,10-11,14H2,1H3,(H,22,23). The number of aromatic amines is 1. The molecule has 0 spiro atoms. The SMILES string of the molecule is CCOc1ccc2[nH]c(=O)c(CNCCc3ccccc3)cc2c1. The molecule has 0 aliphatic rings. The van der Waals surface area contributed by atoms with Crippen molar-refractivity contribution >= 4 is 10.9 Å². The Labute approximate surface area is 141 Å². The number of rotatable bonds is 7. The van der Waals surface area contributed by atoms with Crippen LogP contribution in [-0.2, 0) is 13.0 Å². The molecule has 1 heterocycles. The molecule has 0 bridgehead atoms. The lowest BCUT2D eigenvalue weighted by Gasteiger charge is -2.08. The highest BCUT2D eigenvalue weighted by Gasteiger charge is 2.04. The molecule has 0 saturated carbocycles. The van der Waals surface area contributed by atoms with Crippen LogP contribution in [0, 0.1) is 0 Å². The molecule has 3 aromatic rings. The second kappa shape index (κ2) is 7.79. The molecule has 0 aliphatic carbocycles. The maximum atomic E-state index is 12.2. The van der Waals surface area contributed by atoms with Gasteiger partial charge in [0.05, 0.1) is 6.61 Å². The van der Waals surface area contributed by atoms with Gasteiger partial charge in [-0.05, 0) is 49.7 Å². The van der Waals surface area contributed by atoms with Crippen molar-refractivity contribution in [3.05, 3.63) is 76.1 Å². The summed E-state index contributed by atoms with van der Waals surface area (Å²) in [6.45, 7) is 3.97. The highest BCUT2D eigenvalue weighted by atomic mass is 16.5. The first-order valence-electron chi connectivity index (χ1n) is 8.29. The number of fused-ring (bicyclic) bond motifs is 1. The molecule has 2 N–H and O–H groups in total. The topological polar surface area (TPSA) is 54.1 Å². The van der Waals surface area contributed by atoms with Crippen molar-refractivity contribution in [1.29, 1.82) is 0 Å². The fourth-order valence-electron chi connectivity index (χ4n) is 2.72. The Hall–Kier alpha value is -2.59. The minimum absolute atomic E-state index is 0.0427. The van der Waals surface area contributed by atoms with E-state index in [1.54, 1.807) is 0 Å². The largest absolute Gasteiger partial charge is 0.494 e. The summed E-state index contributed by atoms with van der Waals surface area (Å²) < 4.78 is 5.52. The predicted molar refractivity (Wildman–Crippen MR) is 97.6 cm³/mol. The maximum absolute atomic E-state index is 12.2. The second-order valence-corrected chi connectivity index (χ2v) is 5.72. The molecule has 1 aromatic heterocycles. The van der Waals surface area contributed by atoms with Gasteiger partial charge in [0.25, 0.3) is 5.56 Å². The van der Waals surface area contributed by atoms with Crippen LogP contribution in [0.4, 0.5) is 0 Å². The zero-order valence-electron chi connectivity index (χ0n) is 13.8. The summed E-state index contributed by atoms with van der Waals surface area (Å²) in [7, 11) is 0. The van der Waals surface area contributed by atoms with E-state index in [0.29, 0.717) is 13.2 Å². The zero-order chi connectivity index (χ0) is 16.8. The van der Waals surface area contributed by atoms with Gasteiger partial charge >= 0.3 is 0 Å². The number of ether oxygens (including phenoxy) is 1. The first-order valence-corrected chi connectivity index (χ1v) is 8.29. The smallest absolute Gasteiger partial charge is 0.252 e. The molecule has 4 heteroatoms. The quantitative estimate of drug-likeness (QED) is 0.657. The molecule has 2 aromatic carbocycles. The summed E-state index contributed by atoms with van der Waals surface area (Å²) in [5.74, 6) is 0.819. The van der Waals surface area contributed by atoms with Crippen LogP contribution >= 0.6 is 0 Å². The van der Waals surface area contributed by atoms with E-state index in [2.05, 4.69) is 22.4 Å². The lowest BCUT2D eigenvalue weighted by molar-refractivity contribution is 0.340. The van der Waals surface area contributed by atoms with Crippen molar-refractivity contribution in [2.24, 2.45) is 0 Å². The number of hydrogen-bond donors (Lipinski definition) is 2. The van der Waals surface area contributed by atoms with Crippen molar-refractivity contribution in [1.82, 2.24) is 10.3 Å². The van der Waals surface area contributed by atoms with Gasteiger partial charge in [0.2, 0.25) is 0 Å². The van der Waals surface area contributed by atoms with Crippen LogP contribution in [0.2, 0.25) is 0 Å². The average Bonchev–Trinajstić information content (AvgIpc) is 2.60. The van der Waals surface area contributed by atoms with Gasteiger partial charge < -0.3 is 15.0 Å². The molecular weight excluding hydrogens is 300 g/mol. The van der Waals surface area contributed by atoms with E-state index >= 15 is 0 Å². The van der Waals surface area contributed by atoms with Crippen LogP contribution in [0.15, 0.2) is 59.4 Å². The Morgan fingerprint density at radius 3 is 2.71 bits per heavy atom. The molecule has 3 rings (SSSR count). The zero-order valence-corrected chi connectivity index (χ0v) is 13.8. The number of H-pyrrole nitrogens is 1. The third kappa shape index (κ3) is 4.03. The monoisotopic (exact) mass is 322 g/mol. The molecule has 0 radical (unpaired) electrons. The van der Waals surface area contributed by atoms with Crippen molar-refractivity contribution in [3.8, 4) is 5.75 Å². The van der Waals surface area contributed by atoms with E-state index in [-0.39, 0.29) is 5.56 Å². The van der Waals surface area contributed by atoms with Crippen LogP contribution < -0.4 is 15.6 Å². The maximum Gasteiger partial charge on any atom is 0.252 e. The lowest BCUT2D eigenvalue weighted by atomic mass is 10.1. The van der Waals surface area contributed by atoms with Crippen molar-refractivity contribution in [3.63, 3.8) is 0 Å². The van der Waals surface area contributed by atoms with Gasteiger partial charge in [0.1, 0.15) is 5.75 Å². The summed E-state index contributed by atoms with van der Waals surface area (Å²) in [5, 5.41) is 4.33. The van der Waals surface area contributed by atoms with Gasteiger partial charge in [-0.2, -0.15) is 0 Å². The third-order valence-electron chi connectivity index (χ3n) is 3.95. The van der Waals surface area contributed by atoms with Crippen LogP contribution in [0.5, 0.6) is 5.75 Å². The van der Waals surface area contributed by atoms with E-state index in [0.717, 1.165) is 35.2 Å². The fourth-order valence-corrected chi connectivity index (χ4v) is 2.72. The third-order valence-corrected chi connectivity index (χ3v) is 3.95. The van der Waals surface area contributed by atoms with E-state index in [9.17, 15) is 4.79 Å². The predicted octanol–water partition coefficient (Wildman–Crippen LogP) is 3.26. The van der Waals surface area contributed by atoms with E-state index < -0.39 is 0 Å². The van der Waals surface area contributed by atoms with Gasteiger partial charge in [-0.1, -0.05) is 30.3 Å². The Morgan fingerprint density at radius 1 is 1.08 bits per heavy atom.